The molecule has 0 unspecified atom stereocenters. The maximum atomic E-state index is 12.6. The largest absolute Gasteiger partial charge is 0.417 e. The zero-order chi connectivity index (χ0) is 18.1. The van der Waals surface area contributed by atoms with Gasteiger partial charge in [-0.05, 0) is 18.2 Å². The molecule has 0 fully saturated rings. The number of alkyl halides is 3. The van der Waals surface area contributed by atoms with E-state index in [-0.39, 0.29) is 10.6 Å². The molecule has 24 heavy (non-hydrogen) atoms. The molecule has 0 radical (unpaired) electrons. The fourth-order valence-corrected chi connectivity index (χ4v) is 1.98. The van der Waals surface area contributed by atoms with E-state index in [1.165, 1.54) is 0 Å². The van der Waals surface area contributed by atoms with E-state index in [1.807, 2.05) is 10.3 Å². The number of rotatable bonds is 3. The molecule has 7 nitrogen and oxygen atoms in total. The van der Waals surface area contributed by atoms with Gasteiger partial charge < -0.3 is 10.3 Å². The summed E-state index contributed by atoms with van der Waals surface area (Å²) in [6, 6.07) is 3.47. The average Bonchev–Trinajstić information content (AvgIpc) is 2.47. The molecular weight excluding hydrogens is 355 g/mol. The molecule has 0 saturated heterocycles. The van der Waals surface area contributed by atoms with Crippen molar-refractivity contribution in [3.63, 3.8) is 0 Å². The van der Waals surface area contributed by atoms with Crippen LogP contribution in [0.15, 0.2) is 35.3 Å². The summed E-state index contributed by atoms with van der Waals surface area (Å²) in [7, 11) is 0. The minimum atomic E-state index is -4.71. The van der Waals surface area contributed by atoms with E-state index in [9.17, 15) is 32.9 Å². The van der Waals surface area contributed by atoms with E-state index in [2.05, 4.69) is 0 Å². The number of pyridine rings is 1. The molecule has 0 saturated carbocycles. The summed E-state index contributed by atoms with van der Waals surface area (Å²) in [6.45, 7) is 0. The van der Waals surface area contributed by atoms with Gasteiger partial charge in [-0.3, -0.25) is 19.7 Å². The minimum Gasteiger partial charge on any atom is -0.327 e. The Hall–Kier alpha value is -2.88. The van der Waals surface area contributed by atoms with Crippen molar-refractivity contribution >= 4 is 28.9 Å². The molecule has 0 aliphatic heterocycles. The lowest BCUT2D eigenvalue weighted by Gasteiger charge is -2.09. The molecule has 0 spiro atoms. The van der Waals surface area contributed by atoms with Gasteiger partial charge in [0.2, 0.25) is 0 Å². The van der Waals surface area contributed by atoms with Gasteiger partial charge in [0.25, 0.3) is 17.2 Å². The number of hydrogen-bond acceptors (Lipinski definition) is 4. The number of amides is 1. The van der Waals surface area contributed by atoms with Crippen LogP contribution in [0, 0.1) is 10.1 Å². The quantitative estimate of drug-likeness (QED) is 0.646. The van der Waals surface area contributed by atoms with Crippen LogP contribution in [0.1, 0.15) is 15.9 Å². The summed E-state index contributed by atoms with van der Waals surface area (Å²) in [6.07, 6.45) is -4.24. The normalized spacial score (nSPS) is 11.2. The van der Waals surface area contributed by atoms with E-state index >= 15 is 0 Å². The first-order chi connectivity index (χ1) is 11.1. The maximum Gasteiger partial charge on any atom is 0.417 e. The summed E-state index contributed by atoms with van der Waals surface area (Å²) >= 11 is 5.65. The number of aromatic amines is 1. The number of benzene rings is 1. The number of nitro groups is 1. The van der Waals surface area contributed by atoms with Crippen LogP contribution in [0.25, 0.3) is 0 Å². The van der Waals surface area contributed by atoms with Crippen molar-refractivity contribution < 1.29 is 22.9 Å². The summed E-state index contributed by atoms with van der Waals surface area (Å²) < 4.78 is 37.9. The van der Waals surface area contributed by atoms with Crippen LogP contribution < -0.4 is 10.9 Å². The predicted octanol–water partition coefficient (Wildman–Crippen LogP) is 3.21. The Bertz CT molecular complexity index is 879. The first-order valence-electron chi connectivity index (χ1n) is 6.15. The Labute approximate surface area is 136 Å². The third kappa shape index (κ3) is 3.71. The summed E-state index contributed by atoms with van der Waals surface area (Å²) in [5.41, 5.74) is -3.32. The molecule has 0 aliphatic carbocycles. The molecule has 1 heterocycles. The van der Waals surface area contributed by atoms with E-state index in [0.717, 1.165) is 18.2 Å². The first kappa shape index (κ1) is 17.5. The third-order valence-corrected chi connectivity index (χ3v) is 3.19. The van der Waals surface area contributed by atoms with Crippen molar-refractivity contribution in [3.05, 3.63) is 67.1 Å². The summed E-state index contributed by atoms with van der Waals surface area (Å²) in [4.78, 5) is 35.2. The number of H-pyrrole nitrogens is 1. The van der Waals surface area contributed by atoms with Crippen LogP contribution >= 0.6 is 11.6 Å². The van der Waals surface area contributed by atoms with Crippen LogP contribution in [-0.2, 0) is 6.18 Å². The predicted molar refractivity (Wildman–Crippen MR) is 78.1 cm³/mol. The molecular formula is C13H7ClF3N3O4. The van der Waals surface area contributed by atoms with Gasteiger partial charge >= 0.3 is 6.18 Å². The number of halogens is 4. The summed E-state index contributed by atoms with van der Waals surface area (Å²) in [5.74, 6) is -0.948. The van der Waals surface area contributed by atoms with Crippen LogP contribution in [-0.4, -0.2) is 15.8 Å². The first-order valence-corrected chi connectivity index (χ1v) is 6.52. The second-order valence-electron chi connectivity index (χ2n) is 4.51. The van der Waals surface area contributed by atoms with Crippen LogP contribution in [0.2, 0.25) is 5.02 Å². The molecule has 1 amide bonds. The Morgan fingerprint density at radius 3 is 2.50 bits per heavy atom. The molecule has 1 aromatic heterocycles. The molecule has 126 valence electrons. The maximum absolute atomic E-state index is 12.6. The highest BCUT2D eigenvalue weighted by molar-refractivity contribution is 6.33. The van der Waals surface area contributed by atoms with Crippen molar-refractivity contribution in [3.8, 4) is 0 Å². The van der Waals surface area contributed by atoms with Crippen LogP contribution in [0.4, 0.5) is 24.5 Å². The number of hydrogen-bond donors (Lipinski definition) is 2. The Morgan fingerprint density at radius 1 is 1.29 bits per heavy atom. The standard InChI is InChI=1S/C13H7ClF3N3O4/c14-8-3-6(1-2-10(8)20(23)24)11(21)19-9-4-7(13(15,16)17)5-18-12(9)22/h1-5H,(H,18,22)(H,19,21). The molecule has 0 atom stereocenters. The molecule has 11 heteroatoms. The van der Waals surface area contributed by atoms with E-state index < -0.39 is 39.5 Å². The molecule has 0 aliphatic rings. The van der Waals surface area contributed by atoms with Crippen molar-refractivity contribution in [1.29, 1.82) is 0 Å². The number of aromatic nitrogens is 1. The van der Waals surface area contributed by atoms with Crippen LogP contribution in [0.5, 0.6) is 0 Å². The van der Waals surface area contributed by atoms with Crippen molar-refractivity contribution in [2.24, 2.45) is 0 Å². The van der Waals surface area contributed by atoms with Gasteiger partial charge in [-0.2, -0.15) is 13.2 Å². The highest BCUT2D eigenvalue weighted by Crippen LogP contribution is 2.29. The Morgan fingerprint density at radius 2 is 1.96 bits per heavy atom. The van der Waals surface area contributed by atoms with Crippen LogP contribution in [0.3, 0.4) is 0 Å². The van der Waals surface area contributed by atoms with Gasteiger partial charge in [0.15, 0.2) is 0 Å². The molecule has 0 bridgehead atoms. The fourth-order valence-electron chi connectivity index (χ4n) is 1.73. The lowest BCUT2D eigenvalue weighted by molar-refractivity contribution is -0.384. The van der Waals surface area contributed by atoms with Gasteiger partial charge in [0.1, 0.15) is 10.7 Å². The van der Waals surface area contributed by atoms with E-state index in [0.29, 0.717) is 12.3 Å². The van der Waals surface area contributed by atoms with E-state index in [1.54, 1.807) is 0 Å². The smallest absolute Gasteiger partial charge is 0.327 e. The van der Waals surface area contributed by atoms with Gasteiger partial charge in [-0.15, -0.1) is 0 Å². The fraction of sp³-hybridized carbons (Fsp3) is 0.0769. The number of anilines is 1. The highest BCUT2D eigenvalue weighted by atomic mass is 35.5. The summed E-state index contributed by atoms with van der Waals surface area (Å²) in [5, 5.41) is 12.3. The number of carbonyl (C=O) groups excluding carboxylic acids is 1. The minimum absolute atomic E-state index is 0.164. The molecule has 2 aromatic rings. The number of nitro benzene ring substituents is 1. The lowest BCUT2D eigenvalue weighted by atomic mass is 10.2. The van der Waals surface area contributed by atoms with Gasteiger partial charge in [0, 0.05) is 17.8 Å². The Balaban J connectivity index is 2.32. The van der Waals surface area contributed by atoms with Crippen molar-refractivity contribution in [1.82, 2.24) is 4.98 Å². The zero-order valence-corrected chi connectivity index (χ0v) is 12.2. The van der Waals surface area contributed by atoms with Crippen molar-refractivity contribution in [2.45, 2.75) is 6.18 Å². The third-order valence-electron chi connectivity index (χ3n) is 2.89. The zero-order valence-electron chi connectivity index (χ0n) is 11.5. The van der Waals surface area contributed by atoms with Gasteiger partial charge in [-0.1, -0.05) is 11.6 Å². The molecule has 1 aromatic carbocycles. The van der Waals surface area contributed by atoms with Gasteiger partial charge in [-0.25, -0.2) is 0 Å². The lowest BCUT2D eigenvalue weighted by Crippen LogP contribution is -2.21. The van der Waals surface area contributed by atoms with E-state index in [4.69, 9.17) is 11.6 Å². The number of nitrogens with one attached hydrogen (secondary N) is 2. The number of nitrogens with zero attached hydrogens (tertiary/aromatic N) is 1. The Kier molecular flexibility index (Phi) is 4.60. The molecule has 2 rings (SSSR count). The highest BCUT2D eigenvalue weighted by Gasteiger charge is 2.31. The SMILES string of the molecule is O=C(Nc1cc(C(F)(F)F)c[nH]c1=O)c1ccc([N+](=O)[O-])c(Cl)c1. The number of carbonyl (C=O) groups is 1. The second-order valence-corrected chi connectivity index (χ2v) is 4.91. The average molecular weight is 362 g/mol. The van der Waals surface area contributed by atoms with Crippen molar-refractivity contribution in [2.75, 3.05) is 5.32 Å². The monoisotopic (exact) mass is 361 g/mol. The topological polar surface area (TPSA) is 105 Å². The molecule has 2 N–H and O–H groups in total. The second kappa shape index (κ2) is 6.32. The van der Waals surface area contributed by atoms with Gasteiger partial charge in [0.05, 0.1) is 10.5 Å².